The standard InChI is InChI=1S/C13H13ClF2N2O3/c1-13(21)5-9(17-12(13)20)11(19)18(2)10-3-6(14)7(15)4-8(10)16/h3-4,9,21H,5H2,1-2H3,(H,17,20)/t9-,13-/m0/s1. The Hall–Kier alpha value is -1.73. The minimum absolute atomic E-state index is 0.133. The zero-order valence-corrected chi connectivity index (χ0v) is 12.0. The number of carbonyl (C=O) groups is 2. The molecule has 2 atom stereocenters. The summed E-state index contributed by atoms with van der Waals surface area (Å²) in [5.41, 5.74) is -1.87. The Labute approximate surface area is 124 Å². The molecular formula is C13H13ClF2N2O3. The highest BCUT2D eigenvalue weighted by atomic mass is 35.5. The summed E-state index contributed by atoms with van der Waals surface area (Å²) < 4.78 is 26.8. The van der Waals surface area contributed by atoms with Crippen LogP contribution in [0.3, 0.4) is 0 Å². The van der Waals surface area contributed by atoms with Crippen molar-refractivity contribution >= 4 is 29.1 Å². The normalized spacial score (nSPS) is 24.9. The van der Waals surface area contributed by atoms with Crippen LogP contribution in [0.5, 0.6) is 0 Å². The molecule has 1 aromatic carbocycles. The molecule has 0 bridgehead atoms. The van der Waals surface area contributed by atoms with E-state index in [-0.39, 0.29) is 17.1 Å². The quantitative estimate of drug-likeness (QED) is 0.806. The van der Waals surface area contributed by atoms with E-state index < -0.39 is 35.1 Å². The minimum Gasteiger partial charge on any atom is -0.380 e. The Morgan fingerprint density at radius 1 is 1.48 bits per heavy atom. The van der Waals surface area contributed by atoms with Gasteiger partial charge in [-0.15, -0.1) is 0 Å². The Morgan fingerprint density at radius 3 is 2.62 bits per heavy atom. The summed E-state index contributed by atoms with van der Waals surface area (Å²) in [5, 5.41) is 11.7. The van der Waals surface area contributed by atoms with Gasteiger partial charge in [-0.3, -0.25) is 9.59 Å². The van der Waals surface area contributed by atoms with Crippen molar-refractivity contribution < 1.29 is 23.5 Å². The fraction of sp³-hybridized carbons (Fsp3) is 0.385. The van der Waals surface area contributed by atoms with Crippen molar-refractivity contribution in [3.63, 3.8) is 0 Å². The van der Waals surface area contributed by atoms with Crippen LogP contribution in [-0.4, -0.2) is 35.6 Å². The second kappa shape index (κ2) is 5.23. The number of aliphatic hydroxyl groups is 1. The van der Waals surface area contributed by atoms with Gasteiger partial charge in [-0.1, -0.05) is 11.6 Å². The highest BCUT2D eigenvalue weighted by Gasteiger charge is 2.45. The Balaban J connectivity index is 2.25. The number of amides is 2. The molecule has 1 aliphatic rings. The van der Waals surface area contributed by atoms with Gasteiger partial charge in [0.1, 0.15) is 23.3 Å². The van der Waals surface area contributed by atoms with Crippen LogP contribution in [-0.2, 0) is 9.59 Å². The highest BCUT2D eigenvalue weighted by molar-refractivity contribution is 6.31. The molecule has 0 aromatic heterocycles. The van der Waals surface area contributed by atoms with Crippen LogP contribution in [0.4, 0.5) is 14.5 Å². The SMILES string of the molecule is CN(C(=O)[C@@H]1C[C@](C)(O)C(=O)N1)c1cc(Cl)c(F)cc1F. The number of hydrogen-bond acceptors (Lipinski definition) is 3. The molecule has 1 fully saturated rings. The predicted octanol–water partition coefficient (Wildman–Crippen LogP) is 1.22. The number of hydrogen-bond donors (Lipinski definition) is 2. The summed E-state index contributed by atoms with van der Waals surface area (Å²) in [5.74, 6) is -3.20. The molecule has 114 valence electrons. The molecule has 21 heavy (non-hydrogen) atoms. The highest BCUT2D eigenvalue weighted by Crippen LogP contribution is 2.28. The monoisotopic (exact) mass is 318 g/mol. The van der Waals surface area contributed by atoms with Gasteiger partial charge in [0.2, 0.25) is 5.91 Å². The molecule has 0 saturated carbocycles. The van der Waals surface area contributed by atoms with E-state index in [1.54, 1.807) is 0 Å². The second-order valence-electron chi connectivity index (χ2n) is 5.12. The van der Waals surface area contributed by atoms with Gasteiger partial charge in [-0.05, 0) is 13.0 Å². The van der Waals surface area contributed by atoms with E-state index in [1.165, 1.54) is 14.0 Å². The molecule has 1 saturated heterocycles. The van der Waals surface area contributed by atoms with Crippen LogP contribution in [0.15, 0.2) is 12.1 Å². The first-order valence-corrected chi connectivity index (χ1v) is 6.47. The minimum atomic E-state index is -1.65. The van der Waals surface area contributed by atoms with Crippen molar-refractivity contribution in [3.05, 3.63) is 28.8 Å². The Morgan fingerprint density at radius 2 is 2.10 bits per heavy atom. The molecule has 0 aliphatic carbocycles. The number of likely N-dealkylation sites (N-methyl/N-ethyl adjacent to an activating group) is 1. The van der Waals surface area contributed by atoms with Gasteiger partial charge in [0.15, 0.2) is 0 Å². The van der Waals surface area contributed by atoms with Crippen molar-refractivity contribution in [1.29, 1.82) is 0 Å². The molecule has 1 aliphatic heterocycles. The van der Waals surface area contributed by atoms with Gasteiger partial charge in [0.05, 0.1) is 10.7 Å². The first kappa shape index (κ1) is 15.7. The Bertz CT molecular complexity index is 622. The number of rotatable bonds is 2. The summed E-state index contributed by atoms with van der Waals surface area (Å²) in [6.07, 6.45) is -0.133. The molecule has 2 N–H and O–H groups in total. The van der Waals surface area contributed by atoms with Crippen LogP contribution in [0.1, 0.15) is 13.3 Å². The lowest BCUT2D eigenvalue weighted by Crippen LogP contribution is -2.43. The Kier molecular flexibility index (Phi) is 3.90. The fourth-order valence-corrected chi connectivity index (χ4v) is 2.28. The number of carbonyl (C=O) groups excluding carboxylic acids is 2. The van der Waals surface area contributed by atoms with Crippen LogP contribution in [0, 0.1) is 11.6 Å². The first-order chi connectivity index (χ1) is 9.63. The summed E-state index contributed by atoms with van der Waals surface area (Å²) in [6, 6.07) is 0.574. The molecule has 0 spiro atoms. The lowest BCUT2D eigenvalue weighted by Gasteiger charge is -2.22. The zero-order valence-electron chi connectivity index (χ0n) is 11.3. The van der Waals surface area contributed by atoms with Gasteiger partial charge >= 0.3 is 0 Å². The van der Waals surface area contributed by atoms with E-state index >= 15 is 0 Å². The topological polar surface area (TPSA) is 69.6 Å². The second-order valence-corrected chi connectivity index (χ2v) is 5.53. The molecular weight excluding hydrogens is 306 g/mol. The zero-order chi connectivity index (χ0) is 15.9. The summed E-state index contributed by atoms with van der Waals surface area (Å²) >= 11 is 5.57. The van der Waals surface area contributed by atoms with E-state index in [0.29, 0.717) is 6.07 Å². The average Bonchev–Trinajstić information content (AvgIpc) is 2.66. The third-order valence-electron chi connectivity index (χ3n) is 3.38. The van der Waals surface area contributed by atoms with Crippen molar-refractivity contribution in [1.82, 2.24) is 5.32 Å². The number of halogens is 3. The van der Waals surface area contributed by atoms with E-state index in [2.05, 4.69) is 5.32 Å². The lowest BCUT2D eigenvalue weighted by atomic mass is 10.0. The summed E-state index contributed by atoms with van der Waals surface area (Å²) in [7, 11) is 1.27. The number of nitrogens with zero attached hydrogens (tertiary/aromatic N) is 1. The first-order valence-electron chi connectivity index (χ1n) is 6.09. The maximum absolute atomic E-state index is 13.7. The largest absolute Gasteiger partial charge is 0.380 e. The van der Waals surface area contributed by atoms with Gasteiger partial charge < -0.3 is 15.3 Å². The van der Waals surface area contributed by atoms with E-state index in [0.717, 1.165) is 11.0 Å². The van der Waals surface area contributed by atoms with Crippen LogP contribution >= 0.6 is 11.6 Å². The number of nitrogens with one attached hydrogen (secondary N) is 1. The molecule has 2 rings (SSSR count). The van der Waals surface area contributed by atoms with E-state index in [1.807, 2.05) is 0 Å². The average molecular weight is 319 g/mol. The third kappa shape index (κ3) is 2.84. The fourth-order valence-electron chi connectivity index (χ4n) is 2.13. The van der Waals surface area contributed by atoms with Gasteiger partial charge in [0, 0.05) is 19.5 Å². The maximum atomic E-state index is 13.7. The van der Waals surface area contributed by atoms with Crippen molar-refractivity contribution in [2.75, 3.05) is 11.9 Å². The van der Waals surface area contributed by atoms with Gasteiger partial charge in [-0.2, -0.15) is 0 Å². The van der Waals surface area contributed by atoms with E-state index in [9.17, 15) is 23.5 Å². The summed E-state index contributed by atoms with van der Waals surface area (Å²) in [4.78, 5) is 24.6. The lowest BCUT2D eigenvalue weighted by molar-refractivity contribution is -0.133. The van der Waals surface area contributed by atoms with Gasteiger partial charge in [0.25, 0.3) is 5.91 Å². The van der Waals surface area contributed by atoms with Gasteiger partial charge in [-0.25, -0.2) is 8.78 Å². The maximum Gasteiger partial charge on any atom is 0.252 e. The van der Waals surface area contributed by atoms with Crippen molar-refractivity contribution in [3.8, 4) is 0 Å². The molecule has 0 radical (unpaired) electrons. The smallest absolute Gasteiger partial charge is 0.252 e. The molecule has 8 heteroatoms. The van der Waals surface area contributed by atoms with Crippen molar-refractivity contribution in [2.24, 2.45) is 0 Å². The molecule has 0 unspecified atom stereocenters. The van der Waals surface area contributed by atoms with Crippen molar-refractivity contribution in [2.45, 2.75) is 25.0 Å². The third-order valence-corrected chi connectivity index (χ3v) is 3.67. The van der Waals surface area contributed by atoms with Crippen LogP contribution < -0.4 is 10.2 Å². The molecule has 1 heterocycles. The number of anilines is 1. The van der Waals surface area contributed by atoms with Crippen LogP contribution in [0.2, 0.25) is 5.02 Å². The number of benzene rings is 1. The predicted molar refractivity (Wildman–Crippen MR) is 71.9 cm³/mol. The molecule has 1 aromatic rings. The molecule has 5 nitrogen and oxygen atoms in total. The summed E-state index contributed by atoms with van der Waals surface area (Å²) in [6.45, 7) is 1.28. The molecule has 2 amide bonds. The van der Waals surface area contributed by atoms with E-state index in [4.69, 9.17) is 11.6 Å². The van der Waals surface area contributed by atoms with Crippen LogP contribution in [0.25, 0.3) is 0 Å².